The van der Waals surface area contributed by atoms with Crippen LogP contribution in [0.2, 0.25) is 0 Å². The predicted octanol–water partition coefficient (Wildman–Crippen LogP) is 3.56. The van der Waals surface area contributed by atoms with Crippen molar-refractivity contribution in [1.29, 1.82) is 0 Å². The summed E-state index contributed by atoms with van der Waals surface area (Å²) < 4.78 is 6.24. The topological polar surface area (TPSA) is 26.0 Å². The molecule has 14 heavy (non-hydrogen) atoms. The largest absolute Gasteiger partial charge is 0.472 e. The molecular formula is C11H7NOS. The number of nitrogens with zero attached hydrogens (tertiary/aromatic N) is 1. The van der Waals surface area contributed by atoms with E-state index in [0.717, 1.165) is 16.1 Å². The minimum atomic E-state index is 1.01. The van der Waals surface area contributed by atoms with Gasteiger partial charge in [0.05, 0.1) is 16.5 Å². The maximum absolute atomic E-state index is 5.03. The van der Waals surface area contributed by atoms with E-state index < -0.39 is 0 Å². The summed E-state index contributed by atoms with van der Waals surface area (Å²) >= 11 is 1.68. The van der Waals surface area contributed by atoms with Crippen LogP contribution in [0.4, 0.5) is 0 Å². The van der Waals surface area contributed by atoms with Gasteiger partial charge in [-0.3, -0.25) is 0 Å². The number of thiazole rings is 1. The Labute approximate surface area is 84.8 Å². The molecule has 3 heteroatoms. The lowest BCUT2D eigenvalue weighted by Crippen LogP contribution is -1.68. The number of aromatic nitrogens is 1. The van der Waals surface area contributed by atoms with Crippen molar-refractivity contribution in [1.82, 2.24) is 4.98 Å². The first-order valence-corrected chi connectivity index (χ1v) is 5.13. The third-order valence-electron chi connectivity index (χ3n) is 2.06. The molecule has 0 atom stereocenters. The summed E-state index contributed by atoms with van der Waals surface area (Å²) in [7, 11) is 0. The van der Waals surface area contributed by atoms with Crippen molar-refractivity contribution in [2.75, 3.05) is 0 Å². The molecule has 0 aliphatic carbocycles. The minimum Gasteiger partial charge on any atom is -0.472 e. The highest BCUT2D eigenvalue weighted by Crippen LogP contribution is 2.29. The van der Waals surface area contributed by atoms with Gasteiger partial charge in [-0.2, -0.15) is 0 Å². The zero-order valence-corrected chi connectivity index (χ0v) is 8.12. The monoisotopic (exact) mass is 201 g/mol. The van der Waals surface area contributed by atoms with Crippen molar-refractivity contribution in [2.24, 2.45) is 0 Å². The maximum atomic E-state index is 5.03. The van der Waals surface area contributed by atoms with E-state index in [4.69, 9.17) is 4.42 Å². The average Bonchev–Trinajstić information content (AvgIpc) is 2.86. The van der Waals surface area contributed by atoms with Gasteiger partial charge in [0.2, 0.25) is 0 Å². The lowest BCUT2D eigenvalue weighted by atomic mass is 10.3. The van der Waals surface area contributed by atoms with Crippen LogP contribution in [0.5, 0.6) is 0 Å². The molecule has 3 aromatic rings. The Bertz CT molecular complexity index is 520. The van der Waals surface area contributed by atoms with Gasteiger partial charge in [-0.15, -0.1) is 11.3 Å². The molecule has 1 aromatic carbocycles. The summed E-state index contributed by atoms with van der Waals surface area (Å²) in [6.07, 6.45) is 3.39. The van der Waals surface area contributed by atoms with Crippen molar-refractivity contribution in [3.8, 4) is 10.6 Å². The Hall–Kier alpha value is -1.61. The second kappa shape index (κ2) is 2.96. The third-order valence-corrected chi connectivity index (χ3v) is 3.15. The zero-order valence-electron chi connectivity index (χ0n) is 7.31. The second-order valence-electron chi connectivity index (χ2n) is 3.00. The quantitative estimate of drug-likeness (QED) is 0.601. The Morgan fingerprint density at radius 1 is 1.14 bits per heavy atom. The number of rotatable bonds is 1. The number of hydrogen-bond acceptors (Lipinski definition) is 3. The zero-order chi connectivity index (χ0) is 9.38. The van der Waals surface area contributed by atoms with Gasteiger partial charge in [-0.25, -0.2) is 4.98 Å². The highest BCUT2D eigenvalue weighted by atomic mass is 32.1. The molecule has 0 radical (unpaired) electrons. The van der Waals surface area contributed by atoms with Crippen molar-refractivity contribution in [3.63, 3.8) is 0 Å². The van der Waals surface area contributed by atoms with E-state index in [0.29, 0.717) is 0 Å². The van der Waals surface area contributed by atoms with Crippen LogP contribution >= 0.6 is 11.3 Å². The highest BCUT2D eigenvalue weighted by Gasteiger charge is 2.05. The molecule has 2 nitrogen and oxygen atoms in total. The van der Waals surface area contributed by atoms with Crippen LogP contribution in [0.15, 0.2) is 47.3 Å². The van der Waals surface area contributed by atoms with Crippen LogP contribution in [0.3, 0.4) is 0 Å². The molecule has 0 aliphatic rings. The van der Waals surface area contributed by atoms with Crippen molar-refractivity contribution in [3.05, 3.63) is 42.9 Å². The van der Waals surface area contributed by atoms with Crippen molar-refractivity contribution < 1.29 is 4.42 Å². The fourth-order valence-electron chi connectivity index (χ4n) is 1.38. The summed E-state index contributed by atoms with van der Waals surface area (Å²) in [5, 5.41) is 1.01. The lowest BCUT2D eigenvalue weighted by Gasteiger charge is -1.83. The van der Waals surface area contributed by atoms with Crippen LogP contribution in [-0.2, 0) is 0 Å². The van der Waals surface area contributed by atoms with Crippen LogP contribution < -0.4 is 0 Å². The van der Waals surface area contributed by atoms with Crippen LogP contribution in [-0.4, -0.2) is 4.98 Å². The van der Waals surface area contributed by atoms with E-state index in [-0.39, 0.29) is 0 Å². The molecular weight excluding hydrogens is 194 g/mol. The first kappa shape index (κ1) is 7.76. The average molecular weight is 201 g/mol. The summed E-state index contributed by atoms with van der Waals surface area (Å²) in [5.41, 5.74) is 2.10. The number of para-hydroxylation sites is 1. The van der Waals surface area contributed by atoms with Crippen LogP contribution in [0, 0.1) is 0 Å². The normalized spacial score (nSPS) is 10.9. The first-order chi connectivity index (χ1) is 6.93. The molecule has 0 spiro atoms. The third kappa shape index (κ3) is 1.14. The van der Waals surface area contributed by atoms with E-state index in [1.165, 1.54) is 4.70 Å². The first-order valence-electron chi connectivity index (χ1n) is 4.31. The molecule has 0 amide bonds. The van der Waals surface area contributed by atoms with Gasteiger partial charge < -0.3 is 4.42 Å². The van der Waals surface area contributed by atoms with Crippen LogP contribution in [0.25, 0.3) is 20.8 Å². The lowest BCUT2D eigenvalue weighted by molar-refractivity contribution is 0.568. The summed E-state index contributed by atoms with van der Waals surface area (Å²) in [6, 6.07) is 10.1. The van der Waals surface area contributed by atoms with Gasteiger partial charge in [-0.05, 0) is 18.2 Å². The van der Waals surface area contributed by atoms with Crippen molar-refractivity contribution in [2.45, 2.75) is 0 Å². The second-order valence-corrected chi connectivity index (χ2v) is 4.03. The van der Waals surface area contributed by atoms with Crippen molar-refractivity contribution >= 4 is 21.6 Å². The van der Waals surface area contributed by atoms with E-state index in [9.17, 15) is 0 Å². The fraction of sp³-hybridized carbons (Fsp3) is 0. The van der Waals surface area contributed by atoms with E-state index in [1.807, 2.05) is 24.3 Å². The van der Waals surface area contributed by atoms with Gasteiger partial charge in [-0.1, -0.05) is 12.1 Å². The molecule has 0 fully saturated rings. The van der Waals surface area contributed by atoms with Crippen LogP contribution in [0.1, 0.15) is 0 Å². The molecule has 0 saturated carbocycles. The molecule has 0 unspecified atom stereocenters. The molecule has 0 bridgehead atoms. The number of furan rings is 1. The van der Waals surface area contributed by atoms with Gasteiger partial charge in [0, 0.05) is 5.56 Å². The fourth-order valence-corrected chi connectivity index (χ4v) is 2.33. The summed E-state index contributed by atoms with van der Waals surface area (Å²) in [5.74, 6) is 0. The van der Waals surface area contributed by atoms with Gasteiger partial charge >= 0.3 is 0 Å². The van der Waals surface area contributed by atoms with Gasteiger partial charge in [0.25, 0.3) is 0 Å². The molecule has 0 aliphatic heterocycles. The molecule has 0 N–H and O–H groups in total. The predicted molar refractivity (Wildman–Crippen MR) is 57.3 cm³/mol. The Morgan fingerprint density at radius 2 is 2.07 bits per heavy atom. The standard InChI is InChI=1S/C11H7NOS/c1-2-4-10-9(3-1)12-11(14-10)8-5-6-13-7-8/h1-7H. The van der Waals surface area contributed by atoms with E-state index >= 15 is 0 Å². The highest BCUT2D eigenvalue weighted by molar-refractivity contribution is 7.21. The summed E-state index contributed by atoms with van der Waals surface area (Å²) in [4.78, 5) is 4.51. The Balaban J connectivity index is 2.24. The molecule has 2 heterocycles. The summed E-state index contributed by atoms with van der Waals surface area (Å²) in [6.45, 7) is 0. The Kier molecular flexibility index (Phi) is 1.64. The van der Waals surface area contributed by atoms with E-state index in [2.05, 4.69) is 11.1 Å². The number of fused-ring (bicyclic) bond motifs is 1. The Morgan fingerprint density at radius 3 is 2.86 bits per heavy atom. The van der Waals surface area contributed by atoms with E-state index in [1.54, 1.807) is 23.9 Å². The smallest absolute Gasteiger partial charge is 0.127 e. The molecule has 3 rings (SSSR count). The number of benzene rings is 1. The molecule has 0 saturated heterocycles. The molecule has 68 valence electrons. The SMILES string of the molecule is c1ccc2sc(-c3ccoc3)nc2c1. The minimum absolute atomic E-state index is 1.01. The van der Waals surface area contributed by atoms with Gasteiger partial charge in [0.1, 0.15) is 11.3 Å². The maximum Gasteiger partial charge on any atom is 0.127 e. The van der Waals surface area contributed by atoms with Gasteiger partial charge in [0.15, 0.2) is 0 Å². The number of hydrogen-bond donors (Lipinski definition) is 0. The molecule has 2 aromatic heterocycles.